The first-order valence-electron chi connectivity index (χ1n) is 14.3. The molecule has 0 radical (unpaired) electrons. The molecule has 1 N–H and O–H groups in total. The molecule has 1 aliphatic carbocycles. The number of amides is 1. The lowest BCUT2D eigenvalue weighted by Crippen LogP contribution is -2.53. The number of esters is 2. The number of nitrogens with one attached hydrogen (secondary N) is 1. The summed E-state index contributed by atoms with van der Waals surface area (Å²) in [6.07, 6.45) is 13.2. The van der Waals surface area contributed by atoms with Gasteiger partial charge in [-0.05, 0) is 45.3 Å². The molecule has 0 aromatic carbocycles. The van der Waals surface area contributed by atoms with Gasteiger partial charge in [0.15, 0.2) is 0 Å². The second-order valence-corrected chi connectivity index (χ2v) is 14.5. The van der Waals surface area contributed by atoms with E-state index in [2.05, 4.69) is 22.3 Å². The molecule has 3 unspecified atom stereocenters. The summed E-state index contributed by atoms with van der Waals surface area (Å²) in [7, 11) is 0. The standard InChI is InChI=1S/C28H41N3O8S3/c1-3-37-26(33)23(12-11-22-9-6-4-5-7-10-22)29-21(2)25(32)30-20-28(41-17-18-42-28)19-24(30)27(34)38-14-16-40-15-8-13-39-31(35)36/h4-6,9-10,21,23-24,29H,3,7-8,11-20H2,1-2H3. The topological polar surface area (TPSA) is 137 Å². The molecule has 2 heterocycles. The lowest BCUT2D eigenvalue weighted by atomic mass is 10.0. The molecule has 2 fully saturated rings. The Bertz CT molecular complexity index is 1030. The Labute approximate surface area is 260 Å². The first-order valence-corrected chi connectivity index (χ1v) is 17.4. The highest BCUT2D eigenvalue weighted by Gasteiger charge is 2.52. The molecule has 0 saturated carbocycles. The van der Waals surface area contributed by atoms with Gasteiger partial charge in [0.05, 0.1) is 23.3 Å². The van der Waals surface area contributed by atoms with Crippen molar-refractivity contribution in [2.24, 2.45) is 0 Å². The zero-order valence-corrected chi connectivity index (χ0v) is 26.6. The van der Waals surface area contributed by atoms with Gasteiger partial charge in [-0.2, -0.15) is 11.8 Å². The van der Waals surface area contributed by atoms with Crippen LogP contribution in [0.25, 0.3) is 0 Å². The Morgan fingerprint density at radius 3 is 2.74 bits per heavy atom. The normalized spacial score (nSPS) is 20.6. The molecule has 11 nitrogen and oxygen atoms in total. The smallest absolute Gasteiger partial charge is 0.328 e. The molecular weight excluding hydrogens is 603 g/mol. The van der Waals surface area contributed by atoms with Crippen LogP contribution in [0.4, 0.5) is 0 Å². The summed E-state index contributed by atoms with van der Waals surface area (Å²) in [5.41, 5.74) is 1.12. The molecule has 234 valence electrons. The lowest BCUT2D eigenvalue weighted by Gasteiger charge is -2.29. The molecule has 3 aliphatic rings. The van der Waals surface area contributed by atoms with Crippen LogP contribution in [0.15, 0.2) is 36.0 Å². The van der Waals surface area contributed by atoms with Crippen molar-refractivity contribution in [1.29, 1.82) is 0 Å². The van der Waals surface area contributed by atoms with Crippen molar-refractivity contribution in [2.75, 3.05) is 49.4 Å². The number of ether oxygens (including phenoxy) is 2. The first-order chi connectivity index (χ1) is 20.2. The fourth-order valence-corrected chi connectivity index (χ4v) is 8.92. The van der Waals surface area contributed by atoms with E-state index in [1.54, 1.807) is 42.3 Å². The summed E-state index contributed by atoms with van der Waals surface area (Å²) in [4.78, 5) is 55.9. The van der Waals surface area contributed by atoms with E-state index in [4.69, 9.17) is 9.47 Å². The van der Waals surface area contributed by atoms with Crippen LogP contribution in [0.1, 0.15) is 46.0 Å². The van der Waals surface area contributed by atoms with Crippen molar-refractivity contribution < 1.29 is 33.8 Å². The molecule has 0 aromatic heterocycles. The van der Waals surface area contributed by atoms with E-state index >= 15 is 0 Å². The van der Waals surface area contributed by atoms with Crippen molar-refractivity contribution in [3.05, 3.63) is 46.1 Å². The van der Waals surface area contributed by atoms with Crippen LogP contribution in [-0.4, -0.2) is 99.4 Å². The lowest BCUT2D eigenvalue weighted by molar-refractivity contribution is -0.757. The fraction of sp³-hybridized carbons (Fsp3) is 0.679. The summed E-state index contributed by atoms with van der Waals surface area (Å²) >= 11 is 5.08. The summed E-state index contributed by atoms with van der Waals surface area (Å²) in [5.74, 6) is 2.04. The summed E-state index contributed by atoms with van der Waals surface area (Å²) in [5, 5.41) is 12.6. The van der Waals surface area contributed by atoms with E-state index in [0.717, 1.165) is 23.5 Å². The molecular formula is C28H41N3O8S3. The van der Waals surface area contributed by atoms with E-state index < -0.39 is 35.2 Å². The average molecular weight is 644 g/mol. The molecule has 0 aromatic rings. The molecule has 1 spiro atoms. The van der Waals surface area contributed by atoms with Crippen molar-refractivity contribution in [2.45, 2.75) is 68.2 Å². The first kappa shape index (κ1) is 34.3. The van der Waals surface area contributed by atoms with Crippen molar-refractivity contribution in [3.63, 3.8) is 0 Å². The largest absolute Gasteiger partial charge is 0.465 e. The van der Waals surface area contributed by atoms with E-state index in [0.29, 0.717) is 43.7 Å². The van der Waals surface area contributed by atoms with E-state index in [9.17, 15) is 24.5 Å². The van der Waals surface area contributed by atoms with Gasteiger partial charge in [0.2, 0.25) is 5.91 Å². The number of carbonyl (C=O) groups is 3. The molecule has 2 aliphatic heterocycles. The van der Waals surface area contributed by atoms with E-state index in [1.807, 2.05) is 18.2 Å². The number of rotatable bonds is 17. The van der Waals surface area contributed by atoms with E-state index in [-0.39, 0.29) is 29.8 Å². The minimum atomic E-state index is -0.811. The number of carbonyl (C=O) groups excluding carboxylic acids is 3. The van der Waals surface area contributed by atoms with Gasteiger partial charge >= 0.3 is 11.9 Å². The van der Waals surface area contributed by atoms with Gasteiger partial charge in [-0.1, -0.05) is 36.0 Å². The quantitative estimate of drug-likeness (QED) is 0.107. The Morgan fingerprint density at radius 1 is 1.21 bits per heavy atom. The van der Waals surface area contributed by atoms with Crippen LogP contribution in [0.2, 0.25) is 0 Å². The maximum absolute atomic E-state index is 13.8. The molecule has 0 bridgehead atoms. The number of allylic oxidation sites excluding steroid dienone is 6. The van der Waals surface area contributed by atoms with E-state index in [1.165, 1.54) is 11.8 Å². The van der Waals surface area contributed by atoms with Crippen LogP contribution < -0.4 is 5.32 Å². The molecule has 3 atom stereocenters. The molecule has 42 heavy (non-hydrogen) atoms. The number of hydrogen-bond acceptors (Lipinski definition) is 12. The van der Waals surface area contributed by atoms with Crippen molar-refractivity contribution in [1.82, 2.24) is 10.2 Å². The van der Waals surface area contributed by atoms with Crippen LogP contribution in [-0.2, 0) is 28.7 Å². The van der Waals surface area contributed by atoms with Gasteiger partial charge in [-0.3, -0.25) is 14.9 Å². The minimum absolute atomic E-state index is 0.0337. The number of nitrogens with zero attached hydrogens (tertiary/aromatic N) is 2. The van der Waals surface area contributed by atoms with Gasteiger partial charge in [0, 0.05) is 30.2 Å². The van der Waals surface area contributed by atoms with Crippen LogP contribution in [0.3, 0.4) is 0 Å². The third kappa shape index (κ3) is 10.8. The maximum atomic E-state index is 13.8. The highest BCUT2D eigenvalue weighted by atomic mass is 32.2. The number of thioether (sulfide) groups is 3. The Hall–Kier alpha value is -2.16. The summed E-state index contributed by atoms with van der Waals surface area (Å²) < 4.78 is 10.6. The molecule has 3 rings (SSSR count). The van der Waals surface area contributed by atoms with Crippen molar-refractivity contribution in [3.8, 4) is 0 Å². The summed E-state index contributed by atoms with van der Waals surface area (Å²) in [6.45, 7) is 4.38. The fourth-order valence-electron chi connectivity index (χ4n) is 4.94. The third-order valence-electron chi connectivity index (χ3n) is 6.95. The highest BCUT2D eigenvalue weighted by molar-refractivity contribution is 8.21. The second kappa shape index (κ2) is 17.8. The van der Waals surface area contributed by atoms with Crippen LogP contribution in [0.5, 0.6) is 0 Å². The summed E-state index contributed by atoms with van der Waals surface area (Å²) in [6, 6.07) is -2.08. The monoisotopic (exact) mass is 643 g/mol. The molecule has 2 saturated heterocycles. The Kier molecular flexibility index (Phi) is 14.6. The predicted molar refractivity (Wildman–Crippen MR) is 167 cm³/mol. The highest BCUT2D eigenvalue weighted by Crippen LogP contribution is 2.52. The average Bonchev–Trinajstić information content (AvgIpc) is 3.49. The SMILES string of the molecule is CCOC(=O)C(CCC1=CCC=CC=C1)NC(C)C(=O)N1CC2(CC1C(=O)OCCSCCCO[N+](=O)[O-])SCCS2. The van der Waals surface area contributed by atoms with Gasteiger partial charge < -0.3 is 19.2 Å². The van der Waals surface area contributed by atoms with Gasteiger partial charge in [-0.25, -0.2) is 4.79 Å². The Balaban J connectivity index is 1.58. The third-order valence-corrected chi connectivity index (χ3v) is 11.4. The van der Waals surface area contributed by atoms with Crippen molar-refractivity contribution >= 4 is 53.1 Å². The van der Waals surface area contributed by atoms with Crippen LogP contribution >= 0.6 is 35.3 Å². The second-order valence-electron chi connectivity index (χ2n) is 10.0. The van der Waals surface area contributed by atoms with Gasteiger partial charge in [0.25, 0.3) is 5.09 Å². The predicted octanol–water partition coefficient (Wildman–Crippen LogP) is 3.77. The maximum Gasteiger partial charge on any atom is 0.328 e. The van der Waals surface area contributed by atoms with Gasteiger partial charge in [-0.15, -0.1) is 33.6 Å². The Morgan fingerprint density at radius 2 is 2.00 bits per heavy atom. The van der Waals surface area contributed by atoms with Crippen LogP contribution in [0, 0.1) is 10.1 Å². The number of hydrogen-bond donors (Lipinski definition) is 1. The zero-order valence-electron chi connectivity index (χ0n) is 24.2. The van der Waals surface area contributed by atoms with Gasteiger partial charge in [0.1, 0.15) is 18.7 Å². The molecule has 14 heteroatoms. The minimum Gasteiger partial charge on any atom is -0.465 e. The number of likely N-dealkylation sites (tertiary alicyclic amines) is 1. The molecule has 1 amide bonds. The zero-order chi connectivity index (χ0) is 30.4.